The maximum Gasteiger partial charge on any atom is 0.0667 e. The van der Waals surface area contributed by atoms with E-state index in [9.17, 15) is 5.11 Å². The number of hydrogen-bond donors (Lipinski definition) is 2. The third-order valence-corrected chi connectivity index (χ3v) is 3.62. The molecule has 1 atom stereocenters. The molecule has 0 aliphatic rings. The Kier molecular flexibility index (Phi) is 13.3. The van der Waals surface area contributed by atoms with Gasteiger partial charge in [0.15, 0.2) is 0 Å². The standard InChI is InChI=1S/C16H38N4O/c1-18(2)11-7-13-20(14-8-12-19(3)4)15-16(21)9-5-6-10-17/h16,21H,5-15,17H2,1-4H3. The molecule has 0 bridgehead atoms. The number of rotatable bonds is 14. The SMILES string of the molecule is CN(C)CCCN(CCCN(C)C)CC(O)CCCCN. The van der Waals surface area contributed by atoms with Crippen LogP contribution in [0.5, 0.6) is 0 Å². The van der Waals surface area contributed by atoms with Crippen molar-refractivity contribution in [1.82, 2.24) is 14.7 Å². The summed E-state index contributed by atoms with van der Waals surface area (Å²) in [4.78, 5) is 6.85. The normalized spacial score (nSPS) is 13.6. The molecule has 0 fully saturated rings. The van der Waals surface area contributed by atoms with E-state index in [1.54, 1.807) is 0 Å². The van der Waals surface area contributed by atoms with Crippen LogP contribution in [0.25, 0.3) is 0 Å². The topological polar surface area (TPSA) is 56.0 Å². The first-order valence-electron chi connectivity index (χ1n) is 8.35. The van der Waals surface area contributed by atoms with Crippen LogP contribution in [0.4, 0.5) is 0 Å². The molecule has 3 N–H and O–H groups in total. The van der Waals surface area contributed by atoms with Crippen LogP contribution in [-0.4, -0.2) is 93.4 Å². The molecular formula is C16H38N4O. The summed E-state index contributed by atoms with van der Waals surface area (Å²) in [5.74, 6) is 0. The molecule has 0 aromatic rings. The highest BCUT2D eigenvalue weighted by molar-refractivity contribution is 4.67. The number of aliphatic hydroxyl groups is 1. The molecule has 0 aromatic heterocycles. The van der Waals surface area contributed by atoms with E-state index in [1.165, 1.54) is 0 Å². The molecule has 21 heavy (non-hydrogen) atoms. The second-order valence-corrected chi connectivity index (χ2v) is 6.55. The molecule has 0 aromatic carbocycles. The van der Waals surface area contributed by atoms with Crippen molar-refractivity contribution in [2.45, 2.75) is 38.2 Å². The highest BCUT2D eigenvalue weighted by Gasteiger charge is 2.11. The van der Waals surface area contributed by atoms with Crippen LogP contribution in [0.15, 0.2) is 0 Å². The van der Waals surface area contributed by atoms with E-state index < -0.39 is 0 Å². The molecule has 0 amide bonds. The summed E-state index contributed by atoms with van der Waals surface area (Å²) in [6, 6.07) is 0. The Hall–Kier alpha value is -0.200. The van der Waals surface area contributed by atoms with Gasteiger partial charge in [-0.2, -0.15) is 0 Å². The number of aliphatic hydroxyl groups excluding tert-OH is 1. The summed E-state index contributed by atoms with van der Waals surface area (Å²) in [6.45, 7) is 5.87. The van der Waals surface area contributed by atoms with Crippen LogP contribution >= 0.6 is 0 Å². The highest BCUT2D eigenvalue weighted by atomic mass is 16.3. The van der Waals surface area contributed by atoms with E-state index in [0.717, 1.165) is 71.4 Å². The summed E-state index contributed by atoms with van der Waals surface area (Å²) in [6.07, 6.45) is 5.01. The third-order valence-electron chi connectivity index (χ3n) is 3.62. The minimum Gasteiger partial charge on any atom is -0.392 e. The summed E-state index contributed by atoms with van der Waals surface area (Å²) >= 11 is 0. The Morgan fingerprint density at radius 3 is 1.76 bits per heavy atom. The Balaban J connectivity index is 4.03. The van der Waals surface area contributed by atoms with Gasteiger partial charge in [0.1, 0.15) is 0 Å². The van der Waals surface area contributed by atoms with Crippen molar-refractivity contribution in [2.75, 3.05) is 67.5 Å². The van der Waals surface area contributed by atoms with E-state index >= 15 is 0 Å². The van der Waals surface area contributed by atoms with Gasteiger partial charge in [0, 0.05) is 6.54 Å². The minimum atomic E-state index is -0.213. The predicted molar refractivity (Wildman–Crippen MR) is 91.7 cm³/mol. The zero-order valence-electron chi connectivity index (χ0n) is 14.7. The van der Waals surface area contributed by atoms with Crippen LogP contribution in [0.1, 0.15) is 32.1 Å². The quantitative estimate of drug-likeness (QED) is 0.462. The molecule has 0 aliphatic carbocycles. The molecular weight excluding hydrogens is 264 g/mol. The van der Waals surface area contributed by atoms with Crippen molar-refractivity contribution in [3.63, 3.8) is 0 Å². The van der Waals surface area contributed by atoms with Crippen LogP contribution in [-0.2, 0) is 0 Å². The lowest BCUT2D eigenvalue weighted by Crippen LogP contribution is -2.36. The lowest BCUT2D eigenvalue weighted by Gasteiger charge is -2.26. The second-order valence-electron chi connectivity index (χ2n) is 6.55. The molecule has 0 saturated carbocycles. The van der Waals surface area contributed by atoms with Crippen LogP contribution < -0.4 is 5.73 Å². The van der Waals surface area contributed by atoms with Crippen LogP contribution in [0.2, 0.25) is 0 Å². The Morgan fingerprint density at radius 2 is 1.33 bits per heavy atom. The smallest absolute Gasteiger partial charge is 0.0667 e. The molecule has 0 spiro atoms. The lowest BCUT2D eigenvalue weighted by molar-refractivity contribution is 0.0991. The molecule has 0 radical (unpaired) electrons. The van der Waals surface area contributed by atoms with Gasteiger partial charge in [-0.15, -0.1) is 0 Å². The molecule has 128 valence electrons. The van der Waals surface area contributed by atoms with Crippen molar-refractivity contribution in [3.8, 4) is 0 Å². The number of nitrogens with zero attached hydrogens (tertiary/aromatic N) is 3. The first kappa shape index (κ1) is 20.8. The van der Waals surface area contributed by atoms with Crippen LogP contribution in [0.3, 0.4) is 0 Å². The fourth-order valence-electron chi connectivity index (χ4n) is 2.43. The van der Waals surface area contributed by atoms with Crippen molar-refractivity contribution in [3.05, 3.63) is 0 Å². The molecule has 0 rings (SSSR count). The fourth-order valence-corrected chi connectivity index (χ4v) is 2.43. The average Bonchev–Trinajstić information content (AvgIpc) is 2.37. The van der Waals surface area contributed by atoms with E-state index in [-0.39, 0.29) is 6.10 Å². The Bertz CT molecular complexity index is 210. The Morgan fingerprint density at radius 1 is 0.810 bits per heavy atom. The summed E-state index contributed by atoms with van der Waals surface area (Å²) < 4.78 is 0. The van der Waals surface area contributed by atoms with Gasteiger partial charge >= 0.3 is 0 Å². The van der Waals surface area contributed by atoms with Gasteiger partial charge < -0.3 is 25.5 Å². The maximum atomic E-state index is 10.2. The fraction of sp³-hybridized carbons (Fsp3) is 1.00. The zero-order chi connectivity index (χ0) is 16.1. The molecule has 0 saturated heterocycles. The molecule has 5 heteroatoms. The largest absolute Gasteiger partial charge is 0.392 e. The first-order valence-corrected chi connectivity index (χ1v) is 8.35. The van der Waals surface area contributed by atoms with Crippen molar-refractivity contribution < 1.29 is 5.11 Å². The Labute approximate surface area is 132 Å². The van der Waals surface area contributed by atoms with Gasteiger partial charge in [-0.05, 0) is 93.0 Å². The summed E-state index contributed by atoms with van der Waals surface area (Å²) in [5.41, 5.74) is 5.50. The van der Waals surface area contributed by atoms with Gasteiger partial charge in [-0.3, -0.25) is 0 Å². The summed E-state index contributed by atoms with van der Waals surface area (Å²) in [7, 11) is 8.44. The van der Waals surface area contributed by atoms with Crippen molar-refractivity contribution in [2.24, 2.45) is 5.73 Å². The van der Waals surface area contributed by atoms with Gasteiger partial charge in [0.05, 0.1) is 6.10 Å². The van der Waals surface area contributed by atoms with Gasteiger partial charge in [-0.1, -0.05) is 0 Å². The molecule has 0 heterocycles. The van der Waals surface area contributed by atoms with E-state index in [2.05, 4.69) is 42.9 Å². The van der Waals surface area contributed by atoms with Crippen molar-refractivity contribution >= 4 is 0 Å². The number of hydrogen-bond acceptors (Lipinski definition) is 5. The minimum absolute atomic E-state index is 0.213. The molecule has 0 aliphatic heterocycles. The van der Waals surface area contributed by atoms with E-state index in [1.807, 2.05) is 0 Å². The first-order chi connectivity index (χ1) is 9.95. The van der Waals surface area contributed by atoms with Gasteiger partial charge in [0.2, 0.25) is 0 Å². The average molecular weight is 303 g/mol. The summed E-state index contributed by atoms with van der Waals surface area (Å²) in [5, 5.41) is 10.2. The number of unbranched alkanes of at least 4 members (excludes halogenated alkanes) is 1. The number of nitrogens with two attached hydrogens (primary N) is 1. The lowest BCUT2D eigenvalue weighted by atomic mass is 10.1. The van der Waals surface area contributed by atoms with Crippen molar-refractivity contribution in [1.29, 1.82) is 0 Å². The monoisotopic (exact) mass is 302 g/mol. The van der Waals surface area contributed by atoms with Gasteiger partial charge in [-0.25, -0.2) is 0 Å². The van der Waals surface area contributed by atoms with E-state index in [4.69, 9.17) is 5.73 Å². The molecule has 5 nitrogen and oxygen atoms in total. The van der Waals surface area contributed by atoms with Gasteiger partial charge in [0.25, 0.3) is 0 Å². The highest BCUT2D eigenvalue weighted by Crippen LogP contribution is 2.05. The zero-order valence-corrected chi connectivity index (χ0v) is 14.7. The maximum absolute atomic E-state index is 10.2. The van der Waals surface area contributed by atoms with E-state index in [0.29, 0.717) is 0 Å². The second kappa shape index (κ2) is 13.5. The predicted octanol–water partition coefficient (Wildman–Crippen LogP) is 0.682. The van der Waals surface area contributed by atoms with Crippen LogP contribution in [0, 0.1) is 0 Å². The third kappa shape index (κ3) is 14.5. The molecule has 1 unspecified atom stereocenters.